The van der Waals surface area contributed by atoms with E-state index in [1.807, 2.05) is 18.3 Å². The number of para-hydroxylation sites is 3. The van der Waals surface area contributed by atoms with Crippen molar-refractivity contribution < 1.29 is 0 Å². The van der Waals surface area contributed by atoms with Gasteiger partial charge in [-0.25, -0.2) is 0 Å². The second-order valence-electron chi connectivity index (χ2n) is 7.70. The SMILES string of the molecule is C(=NN1CCCc2ccccc21)c1ccc(N(c2ccccc2)c2ccccc2)cc1. The molecule has 1 aliphatic heterocycles. The molecule has 0 unspecified atom stereocenters. The van der Waals surface area contributed by atoms with Gasteiger partial charge >= 0.3 is 0 Å². The zero-order chi connectivity index (χ0) is 20.9. The van der Waals surface area contributed by atoms with E-state index < -0.39 is 0 Å². The summed E-state index contributed by atoms with van der Waals surface area (Å²) in [6.07, 6.45) is 4.23. The van der Waals surface area contributed by atoms with E-state index in [-0.39, 0.29) is 0 Å². The van der Waals surface area contributed by atoms with Crippen molar-refractivity contribution >= 4 is 29.0 Å². The third-order valence-corrected chi connectivity index (χ3v) is 5.61. The fourth-order valence-corrected chi connectivity index (χ4v) is 4.08. The Morgan fingerprint density at radius 3 is 1.90 bits per heavy atom. The Morgan fingerprint density at radius 2 is 1.23 bits per heavy atom. The maximum Gasteiger partial charge on any atom is 0.0625 e. The summed E-state index contributed by atoms with van der Waals surface area (Å²) in [7, 11) is 0. The lowest BCUT2D eigenvalue weighted by Gasteiger charge is -2.26. The molecule has 1 aliphatic rings. The van der Waals surface area contributed by atoms with E-state index in [9.17, 15) is 0 Å². The Hall–Kier alpha value is -3.85. The first-order chi connectivity index (χ1) is 15.4. The average Bonchev–Trinajstić information content (AvgIpc) is 2.85. The van der Waals surface area contributed by atoms with Gasteiger partial charge < -0.3 is 4.90 Å². The summed E-state index contributed by atoms with van der Waals surface area (Å²) in [4.78, 5) is 2.27. The van der Waals surface area contributed by atoms with Gasteiger partial charge in [-0.05, 0) is 66.4 Å². The molecule has 0 atom stereocenters. The topological polar surface area (TPSA) is 18.8 Å². The van der Waals surface area contributed by atoms with E-state index in [1.165, 1.54) is 11.3 Å². The van der Waals surface area contributed by atoms with Gasteiger partial charge in [0.05, 0.1) is 11.9 Å². The maximum absolute atomic E-state index is 4.78. The van der Waals surface area contributed by atoms with Gasteiger partial charge in [-0.2, -0.15) is 5.10 Å². The lowest BCUT2D eigenvalue weighted by atomic mass is 10.0. The van der Waals surface area contributed by atoms with E-state index in [4.69, 9.17) is 5.10 Å². The van der Waals surface area contributed by atoms with E-state index in [0.29, 0.717) is 0 Å². The summed E-state index contributed by atoms with van der Waals surface area (Å²) in [5.41, 5.74) is 7.09. The van der Waals surface area contributed by atoms with Crippen molar-refractivity contribution in [1.82, 2.24) is 0 Å². The van der Waals surface area contributed by atoms with Crippen LogP contribution in [-0.4, -0.2) is 12.8 Å². The average molecular weight is 404 g/mol. The van der Waals surface area contributed by atoms with Gasteiger partial charge in [0.2, 0.25) is 0 Å². The number of hydrogen-bond donors (Lipinski definition) is 0. The summed E-state index contributed by atoms with van der Waals surface area (Å²) in [5.74, 6) is 0. The van der Waals surface area contributed by atoms with Crippen molar-refractivity contribution in [1.29, 1.82) is 0 Å². The van der Waals surface area contributed by atoms with Crippen LogP contribution in [0.1, 0.15) is 17.5 Å². The first-order valence-corrected chi connectivity index (χ1v) is 10.8. The predicted octanol–water partition coefficient (Wildman–Crippen LogP) is 6.94. The zero-order valence-electron chi connectivity index (χ0n) is 17.4. The molecule has 0 aliphatic carbocycles. The van der Waals surface area contributed by atoms with Gasteiger partial charge in [-0.15, -0.1) is 0 Å². The Bertz CT molecular complexity index is 1110. The number of anilines is 4. The molecule has 0 bridgehead atoms. The van der Waals surface area contributed by atoms with E-state index >= 15 is 0 Å². The van der Waals surface area contributed by atoms with Crippen LogP contribution in [0, 0.1) is 0 Å². The van der Waals surface area contributed by atoms with Gasteiger partial charge in [-0.3, -0.25) is 5.01 Å². The van der Waals surface area contributed by atoms with E-state index in [2.05, 4.69) is 107 Å². The maximum atomic E-state index is 4.78. The Kier molecular flexibility index (Phi) is 5.48. The molecule has 0 amide bonds. The highest BCUT2D eigenvalue weighted by Crippen LogP contribution is 2.34. The van der Waals surface area contributed by atoms with Gasteiger partial charge in [0.15, 0.2) is 0 Å². The number of aryl methyl sites for hydroxylation is 1. The molecule has 4 aromatic rings. The monoisotopic (exact) mass is 403 g/mol. The van der Waals surface area contributed by atoms with Crippen LogP contribution in [0.3, 0.4) is 0 Å². The molecule has 0 spiro atoms. The summed E-state index contributed by atoms with van der Waals surface area (Å²) < 4.78 is 0. The molecule has 0 aromatic heterocycles. The lowest BCUT2D eigenvalue weighted by Crippen LogP contribution is -2.24. The summed E-state index contributed by atoms with van der Waals surface area (Å²) >= 11 is 0. The zero-order valence-corrected chi connectivity index (χ0v) is 17.4. The minimum Gasteiger partial charge on any atom is -0.311 e. The third kappa shape index (κ3) is 4.22. The fourth-order valence-electron chi connectivity index (χ4n) is 4.08. The molecule has 3 heteroatoms. The molecule has 5 rings (SSSR count). The molecule has 4 aromatic carbocycles. The number of fused-ring (bicyclic) bond motifs is 1. The Morgan fingerprint density at radius 1 is 0.645 bits per heavy atom. The standard InChI is InChI=1S/C28H25N3/c1-3-12-25(13-4-1)31(26-14-5-2-6-15-26)27-19-17-23(18-20-27)22-29-30-21-9-11-24-10-7-8-16-28(24)30/h1-8,10,12-20,22H,9,11,21H2. The van der Waals surface area contributed by atoms with E-state index in [1.54, 1.807) is 0 Å². The molecular weight excluding hydrogens is 378 g/mol. The summed E-state index contributed by atoms with van der Waals surface area (Å²) in [5, 5.41) is 6.90. The highest BCUT2D eigenvalue weighted by Gasteiger charge is 2.15. The smallest absolute Gasteiger partial charge is 0.0625 e. The van der Waals surface area contributed by atoms with Crippen molar-refractivity contribution in [3.63, 3.8) is 0 Å². The van der Waals surface area contributed by atoms with Crippen molar-refractivity contribution in [2.45, 2.75) is 12.8 Å². The number of hydrogen-bond acceptors (Lipinski definition) is 3. The second-order valence-corrected chi connectivity index (χ2v) is 7.70. The third-order valence-electron chi connectivity index (χ3n) is 5.61. The molecular formula is C28H25N3. The Labute approximate surface area is 183 Å². The molecule has 152 valence electrons. The van der Waals surface area contributed by atoms with Crippen LogP contribution in [-0.2, 0) is 6.42 Å². The normalized spacial score (nSPS) is 13.2. The molecule has 0 fully saturated rings. The highest BCUT2D eigenvalue weighted by molar-refractivity contribution is 5.83. The molecule has 3 nitrogen and oxygen atoms in total. The van der Waals surface area contributed by atoms with Crippen LogP contribution in [0.25, 0.3) is 0 Å². The van der Waals surface area contributed by atoms with Gasteiger partial charge in [-0.1, -0.05) is 66.7 Å². The second kappa shape index (κ2) is 8.88. The van der Waals surface area contributed by atoms with Crippen molar-refractivity contribution in [2.75, 3.05) is 16.5 Å². The van der Waals surface area contributed by atoms with E-state index in [0.717, 1.165) is 42.0 Å². The molecule has 0 N–H and O–H groups in total. The van der Waals surface area contributed by atoms with Crippen LogP contribution in [0.4, 0.5) is 22.7 Å². The molecule has 31 heavy (non-hydrogen) atoms. The molecule has 0 saturated heterocycles. The van der Waals surface area contributed by atoms with Crippen LogP contribution in [0.2, 0.25) is 0 Å². The number of hydrazone groups is 1. The van der Waals surface area contributed by atoms with Gasteiger partial charge in [0.25, 0.3) is 0 Å². The minimum absolute atomic E-state index is 0.960. The number of nitrogens with zero attached hydrogens (tertiary/aromatic N) is 3. The van der Waals surface area contributed by atoms with Crippen LogP contribution < -0.4 is 9.91 Å². The molecule has 1 heterocycles. The first-order valence-electron chi connectivity index (χ1n) is 10.8. The van der Waals surface area contributed by atoms with Gasteiger partial charge in [0, 0.05) is 23.6 Å². The quantitative estimate of drug-likeness (QED) is 0.336. The summed E-state index contributed by atoms with van der Waals surface area (Å²) in [6, 6.07) is 38.1. The van der Waals surface area contributed by atoms with Gasteiger partial charge in [0.1, 0.15) is 0 Å². The van der Waals surface area contributed by atoms with Crippen LogP contribution in [0.5, 0.6) is 0 Å². The summed E-state index contributed by atoms with van der Waals surface area (Å²) in [6.45, 7) is 0.960. The Balaban J connectivity index is 1.41. The predicted molar refractivity (Wildman–Crippen MR) is 131 cm³/mol. The van der Waals surface area contributed by atoms with Crippen molar-refractivity contribution in [3.8, 4) is 0 Å². The van der Waals surface area contributed by atoms with Crippen LogP contribution in [0.15, 0.2) is 114 Å². The highest BCUT2D eigenvalue weighted by atomic mass is 15.5. The molecule has 0 saturated carbocycles. The number of rotatable bonds is 5. The van der Waals surface area contributed by atoms with Crippen molar-refractivity contribution in [3.05, 3.63) is 120 Å². The first kappa shape index (κ1) is 19.1. The van der Waals surface area contributed by atoms with Crippen molar-refractivity contribution in [2.24, 2.45) is 5.10 Å². The number of benzene rings is 4. The molecule has 0 radical (unpaired) electrons. The lowest BCUT2D eigenvalue weighted by molar-refractivity contribution is 0.717. The fraction of sp³-hybridized carbons (Fsp3) is 0.107. The largest absolute Gasteiger partial charge is 0.311 e. The van der Waals surface area contributed by atoms with Crippen LogP contribution >= 0.6 is 0 Å². The minimum atomic E-state index is 0.960.